The minimum Gasteiger partial charge on any atom is -0.508 e. The smallest absolute Gasteiger partial charge is 0.210 e. The molecular formula is C15H16O4S. The van der Waals surface area contributed by atoms with Crippen molar-refractivity contribution in [3.8, 4) is 11.5 Å². The van der Waals surface area contributed by atoms with Crippen molar-refractivity contribution in [3.05, 3.63) is 47.0 Å². The van der Waals surface area contributed by atoms with E-state index in [9.17, 15) is 18.6 Å². The predicted octanol–water partition coefficient (Wildman–Crippen LogP) is 2.86. The molecule has 0 radical (unpaired) electrons. The normalized spacial score (nSPS) is 11.6. The highest BCUT2D eigenvalue weighted by Gasteiger charge is 2.24. The van der Waals surface area contributed by atoms with Crippen molar-refractivity contribution in [2.75, 3.05) is 0 Å². The fraction of sp³-hybridized carbons (Fsp3) is 0.200. The molecular weight excluding hydrogens is 276 g/mol. The van der Waals surface area contributed by atoms with Crippen LogP contribution in [0, 0.1) is 20.8 Å². The summed E-state index contributed by atoms with van der Waals surface area (Å²) in [6.07, 6.45) is 0. The fourth-order valence-corrected chi connectivity index (χ4v) is 3.73. The van der Waals surface area contributed by atoms with E-state index in [1.165, 1.54) is 31.2 Å². The lowest BCUT2D eigenvalue weighted by Gasteiger charge is -2.12. The second-order valence-corrected chi connectivity index (χ2v) is 6.77. The van der Waals surface area contributed by atoms with E-state index in [0.717, 1.165) is 5.56 Å². The largest absolute Gasteiger partial charge is 0.508 e. The standard InChI is InChI=1S/C15H16O4S/c1-9-4-5-14(13(17)6-9)20(18,19)15-8-10(2)7-12(16)11(15)3/h4-8,16-17H,1-3H3. The Kier molecular flexibility index (Phi) is 3.48. The number of hydrogen-bond donors (Lipinski definition) is 2. The molecule has 0 aromatic heterocycles. The Labute approximate surface area is 118 Å². The van der Waals surface area contributed by atoms with Gasteiger partial charge in [-0.15, -0.1) is 0 Å². The molecule has 0 heterocycles. The van der Waals surface area contributed by atoms with Crippen molar-refractivity contribution < 1.29 is 18.6 Å². The molecule has 2 aromatic rings. The monoisotopic (exact) mass is 292 g/mol. The maximum atomic E-state index is 12.6. The highest BCUT2D eigenvalue weighted by Crippen LogP contribution is 2.34. The van der Waals surface area contributed by atoms with Gasteiger partial charge in [-0.3, -0.25) is 0 Å². The summed E-state index contributed by atoms with van der Waals surface area (Å²) in [7, 11) is -3.87. The molecule has 0 fully saturated rings. The summed E-state index contributed by atoms with van der Waals surface area (Å²) in [5.74, 6) is -0.361. The number of aromatic hydroxyl groups is 2. The van der Waals surface area contributed by atoms with Crippen molar-refractivity contribution in [1.29, 1.82) is 0 Å². The van der Waals surface area contributed by atoms with Gasteiger partial charge in [0.15, 0.2) is 0 Å². The highest BCUT2D eigenvalue weighted by atomic mass is 32.2. The van der Waals surface area contributed by atoms with Gasteiger partial charge in [0, 0.05) is 5.56 Å². The quantitative estimate of drug-likeness (QED) is 0.892. The van der Waals surface area contributed by atoms with Crippen LogP contribution in [0.25, 0.3) is 0 Å². The Balaban J connectivity index is 2.73. The molecule has 0 aliphatic rings. The third-order valence-electron chi connectivity index (χ3n) is 3.17. The Morgan fingerprint density at radius 2 is 1.40 bits per heavy atom. The Morgan fingerprint density at radius 3 is 2.00 bits per heavy atom. The van der Waals surface area contributed by atoms with Crippen molar-refractivity contribution in [1.82, 2.24) is 0 Å². The summed E-state index contributed by atoms with van der Waals surface area (Å²) in [4.78, 5) is -0.148. The zero-order valence-electron chi connectivity index (χ0n) is 11.5. The second kappa shape index (κ2) is 4.83. The number of hydrogen-bond acceptors (Lipinski definition) is 4. The first-order valence-corrected chi connectivity index (χ1v) is 7.56. The van der Waals surface area contributed by atoms with Crippen molar-refractivity contribution in [2.24, 2.45) is 0 Å². The van der Waals surface area contributed by atoms with Crippen LogP contribution in [0.2, 0.25) is 0 Å². The highest BCUT2D eigenvalue weighted by molar-refractivity contribution is 7.91. The molecule has 4 nitrogen and oxygen atoms in total. The van der Waals surface area contributed by atoms with Crippen molar-refractivity contribution in [3.63, 3.8) is 0 Å². The minimum atomic E-state index is -3.87. The van der Waals surface area contributed by atoms with E-state index < -0.39 is 9.84 Å². The minimum absolute atomic E-state index is 0.00848. The number of sulfone groups is 1. The molecule has 0 atom stereocenters. The lowest BCUT2D eigenvalue weighted by atomic mass is 10.1. The number of benzene rings is 2. The molecule has 0 aliphatic heterocycles. The maximum Gasteiger partial charge on any atom is 0.210 e. The lowest BCUT2D eigenvalue weighted by Crippen LogP contribution is -2.05. The van der Waals surface area contributed by atoms with Crippen LogP contribution < -0.4 is 0 Å². The van der Waals surface area contributed by atoms with Crippen LogP contribution in [-0.2, 0) is 9.84 Å². The number of rotatable bonds is 2. The van der Waals surface area contributed by atoms with Gasteiger partial charge in [-0.05, 0) is 56.2 Å². The van der Waals surface area contributed by atoms with Crippen LogP contribution in [0.1, 0.15) is 16.7 Å². The summed E-state index contributed by atoms with van der Waals surface area (Å²) in [5.41, 5.74) is 1.68. The van der Waals surface area contributed by atoms with E-state index in [2.05, 4.69) is 0 Å². The predicted molar refractivity (Wildman–Crippen MR) is 75.9 cm³/mol. The first kappa shape index (κ1) is 14.4. The number of aryl methyl sites for hydroxylation is 2. The molecule has 2 aromatic carbocycles. The second-order valence-electron chi connectivity index (χ2n) is 4.88. The molecule has 20 heavy (non-hydrogen) atoms. The van der Waals surface area contributed by atoms with Crippen LogP contribution >= 0.6 is 0 Å². The number of phenolic OH excluding ortho intramolecular Hbond substituents is 2. The van der Waals surface area contributed by atoms with Gasteiger partial charge in [-0.2, -0.15) is 0 Å². The van der Waals surface area contributed by atoms with Crippen molar-refractivity contribution >= 4 is 9.84 Å². The lowest BCUT2D eigenvalue weighted by molar-refractivity contribution is 0.457. The van der Waals surface area contributed by atoms with E-state index in [0.29, 0.717) is 5.56 Å². The molecule has 0 amide bonds. The zero-order chi connectivity index (χ0) is 15.1. The zero-order valence-corrected chi connectivity index (χ0v) is 12.3. The third-order valence-corrected chi connectivity index (χ3v) is 5.10. The van der Waals surface area contributed by atoms with E-state index in [1.54, 1.807) is 19.9 Å². The van der Waals surface area contributed by atoms with Crippen LogP contribution in [0.15, 0.2) is 40.1 Å². The average Bonchev–Trinajstić information content (AvgIpc) is 2.33. The summed E-state index contributed by atoms with van der Waals surface area (Å²) < 4.78 is 25.2. The van der Waals surface area contributed by atoms with Gasteiger partial charge in [0.1, 0.15) is 16.4 Å². The van der Waals surface area contributed by atoms with Gasteiger partial charge in [0.25, 0.3) is 0 Å². The molecule has 0 unspecified atom stereocenters. The Morgan fingerprint density at radius 1 is 0.800 bits per heavy atom. The van der Waals surface area contributed by atoms with Crippen LogP contribution in [-0.4, -0.2) is 18.6 Å². The topological polar surface area (TPSA) is 74.6 Å². The van der Waals surface area contributed by atoms with E-state index in [1.807, 2.05) is 0 Å². The summed E-state index contributed by atoms with van der Waals surface area (Å²) >= 11 is 0. The Bertz CT molecular complexity index is 777. The first-order valence-electron chi connectivity index (χ1n) is 6.08. The van der Waals surface area contributed by atoms with E-state index >= 15 is 0 Å². The van der Waals surface area contributed by atoms with E-state index in [4.69, 9.17) is 0 Å². The summed E-state index contributed by atoms with van der Waals surface area (Å²) in [6, 6.07) is 7.39. The molecule has 0 saturated heterocycles. The van der Waals surface area contributed by atoms with Gasteiger partial charge in [-0.1, -0.05) is 6.07 Å². The van der Waals surface area contributed by atoms with Gasteiger partial charge in [0.05, 0.1) is 4.90 Å². The molecule has 0 spiro atoms. The molecule has 2 rings (SSSR count). The van der Waals surface area contributed by atoms with Gasteiger partial charge < -0.3 is 10.2 Å². The molecule has 0 saturated carbocycles. The van der Waals surface area contributed by atoms with Gasteiger partial charge in [0.2, 0.25) is 9.84 Å². The molecule has 106 valence electrons. The fourth-order valence-electron chi connectivity index (χ4n) is 2.06. The van der Waals surface area contributed by atoms with Crippen molar-refractivity contribution in [2.45, 2.75) is 30.6 Å². The molecule has 0 bridgehead atoms. The first-order chi connectivity index (χ1) is 9.23. The number of phenols is 2. The van der Waals surface area contributed by atoms with Crippen LogP contribution in [0.5, 0.6) is 11.5 Å². The summed E-state index contributed by atoms with van der Waals surface area (Å²) in [5, 5.41) is 19.7. The SMILES string of the molecule is Cc1ccc(S(=O)(=O)c2cc(C)cc(O)c2C)c(O)c1. The van der Waals surface area contributed by atoms with Gasteiger partial charge in [-0.25, -0.2) is 8.42 Å². The van der Waals surface area contributed by atoms with Gasteiger partial charge >= 0.3 is 0 Å². The molecule has 0 aliphatic carbocycles. The maximum absolute atomic E-state index is 12.6. The average molecular weight is 292 g/mol. The molecule has 2 N–H and O–H groups in total. The molecule has 5 heteroatoms. The Hall–Kier alpha value is -2.01. The van der Waals surface area contributed by atoms with Crippen LogP contribution in [0.3, 0.4) is 0 Å². The van der Waals surface area contributed by atoms with E-state index in [-0.39, 0.29) is 26.9 Å². The van der Waals surface area contributed by atoms with Crippen LogP contribution in [0.4, 0.5) is 0 Å². The third kappa shape index (κ3) is 2.36. The summed E-state index contributed by atoms with van der Waals surface area (Å²) in [6.45, 7) is 5.00.